The molecule has 1 fully saturated rings. The molecule has 108 valence electrons. The molecule has 3 nitrogen and oxygen atoms in total. The second-order valence-electron chi connectivity index (χ2n) is 4.90. The molecule has 1 aliphatic heterocycles. The summed E-state index contributed by atoms with van der Waals surface area (Å²) in [6.07, 6.45) is 3.83. The van der Waals surface area contributed by atoms with E-state index >= 15 is 0 Å². The monoisotopic (exact) mass is 276 g/mol. The predicted molar refractivity (Wildman–Crippen MR) is 78.1 cm³/mol. The molecule has 0 atom stereocenters. The minimum Gasteiger partial charge on any atom is -0.491 e. The minimum atomic E-state index is -0.309. The van der Waals surface area contributed by atoms with E-state index in [1.165, 1.54) is 31.4 Å². The summed E-state index contributed by atoms with van der Waals surface area (Å²) in [6, 6.07) is 4.41. The second kappa shape index (κ2) is 7.88. The zero-order valence-corrected chi connectivity index (χ0v) is 11.7. The standard InChI is InChI=1S/C16H21FN2O/c17-15-7-6-14(5-4-8-18)16(13-15)20-12-11-19-9-2-1-3-10-19/h6-7,13H,1-3,8-12,18H2. The Bertz CT molecular complexity index is 487. The van der Waals surface area contributed by atoms with Crippen LogP contribution in [0.1, 0.15) is 24.8 Å². The van der Waals surface area contributed by atoms with Gasteiger partial charge in [-0.1, -0.05) is 18.3 Å². The van der Waals surface area contributed by atoms with E-state index in [1.807, 2.05) is 0 Å². The topological polar surface area (TPSA) is 38.5 Å². The molecule has 1 saturated heterocycles. The van der Waals surface area contributed by atoms with Crippen LogP contribution in [0.15, 0.2) is 18.2 Å². The van der Waals surface area contributed by atoms with Gasteiger partial charge in [0.15, 0.2) is 0 Å². The van der Waals surface area contributed by atoms with Crippen molar-refractivity contribution < 1.29 is 9.13 Å². The van der Waals surface area contributed by atoms with Gasteiger partial charge >= 0.3 is 0 Å². The summed E-state index contributed by atoms with van der Waals surface area (Å²) in [7, 11) is 0. The van der Waals surface area contributed by atoms with Gasteiger partial charge in [0.25, 0.3) is 0 Å². The first-order valence-electron chi connectivity index (χ1n) is 7.13. The summed E-state index contributed by atoms with van der Waals surface area (Å²) >= 11 is 0. The van der Waals surface area contributed by atoms with Crippen molar-refractivity contribution in [1.29, 1.82) is 0 Å². The molecule has 0 aliphatic carbocycles. The Morgan fingerprint density at radius 1 is 1.25 bits per heavy atom. The fraction of sp³-hybridized carbons (Fsp3) is 0.500. The Morgan fingerprint density at radius 3 is 2.80 bits per heavy atom. The Balaban J connectivity index is 1.91. The third-order valence-corrected chi connectivity index (χ3v) is 3.38. The van der Waals surface area contributed by atoms with Crippen molar-refractivity contribution in [1.82, 2.24) is 4.90 Å². The maximum absolute atomic E-state index is 13.3. The molecule has 2 rings (SSSR count). The fourth-order valence-electron chi connectivity index (χ4n) is 2.33. The van der Waals surface area contributed by atoms with Gasteiger partial charge in [0.1, 0.15) is 18.2 Å². The van der Waals surface area contributed by atoms with Crippen LogP contribution in [0, 0.1) is 17.7 Å². The van der Waals surface area contributed by atoms with Crippen LogP contribution in [0.5, 0.6) is 5.75 Å². The van der Waals surface area contributed by atoms with Gasteiger partial charge in [-0.25, -0.2) is 4.39 Å². The van der Waals surface area contributed by atoms with Crippen molar-refractivity contribution in [3.8, 4) is 17.6 Å². The molecule has 1 aliphatic rings. The Labute approximate surface area is 119 Å². The van der Waals surface area contributed by atoms with Crippen molar-refractivity contribution in [2.75, 3.05) is 32.8 Å². The molecule has 0 amide bonds. The van der Waals surface area contributed by atoms with E-state index in [-0.39, 0.29) is 12.4 Å². The highest BCUT2D eigenvalue weighted by Crippen LogP contribution is 2.19. The molecule has 2 N–H and O–H groups in total. The Kier molecular flexibility index (Phi) is 5.85. The zero-order valence-electron chi connectivity index (χ0n) is 11.7. The molecule has 0 spiro atoms. The molecule has 0 radical (unpaired) electrons. The maximum atomic E-state index is 13.3. The lowest BCUT2D eigenvalue weighted by Gasteiger charge is -2.26. The quantitative estimate of drug-likeness (QED) is 0.855. The normalized spacial score (nSPS) is 15.5. The first-order valence-corrected chi connectivity index (χ1v) is 7.13. The van der Waals surface area contributed by atoms with Crippen molar-refractivity contribution in [3.63, 3.8) is 0 Å². The van der Waals surface area contributed by atoms with Gasteiger partial charge in [-0.3, -0.25) is 4.90 Å². The van der Waals surface area contributed by atoms with Crippen molar-refractivity contribution in [3.05, 3.63) is 29.6 Å². The lowest BCUT2D eigenvalue weighted by Crippen LogP contribution is -2.33. The van der Waals surface area contributed by atoms with Crippen LogP contribution in [0.4, 0.5) is 4.39 Å². The lowest BCUT2D eigenvalue weighted by atomic mass is 10.1. The average Bonchev–Trinajstić information content (AvgIpc) is 2.47. The third kappa shape index (κ3) is 4.52. The molecule has 1 heterocycles. The highest BCUT2D eigenvalue weighted by atomic mass is 19.1. The van der Waals surface area contributed by atoms with Gasteiger partial charge in [-0.15, -0.1) is 0 Å². The van der Waals surface area contributed by atoms with Gasteiger partial charge in [0.2, 0.25) is 0 Å². The highest BCUT2D eigenvalue weighted by molar-refractivity contribution is 5.46. The predicted octanol–water partition coefficient (Wildman–Crippen LogP) is 2.00. The van der Waals surface area contributed by atoms with E-state index in [1.54, 1.807) is 6.07 Å². The summed E-state index contributed by atoms with van der Waals surface area (Å²) in [5.41, 5.74) is 6.05. The summed E-state index contributed by atoms with van der Waals surface area (Å²) in [5, 5.41) is 0. The molecular weight excluding hydrogens is 255 g/mol. The fourth-order valence-corrected chi connectivity index (χ4v) is 2.33. The van der Waals surface area contributed by atoms with E-state index in [0.29, 0.717) is 17.9 Å². The van der Waals surface area contributed by atoms with Gasteiger partial charge in [0, 0.05) is 12.6 Å². The maximum Gasteiger partial charge on any atom is 0.137 e. The molecular formula is C16H21FN2O. The molecule has 0 aromatic heterocycles. The van der Waals surface area contributed by atoms with Crippen LogP contribution in [0.25, 0.3) is 0 Å². The summed E-state index contributed by atoms with van der Waals surface area (Å²) in [6.45, 7) is 3.98. The third-order valence-electron chi connectivity index (χ3n) is 3.38. The number of piperidine rings is 1. The van der Waals surface area contributed by atoms with Crippen LogP contribution >= 0.6 is 0 Å². The summed E-state index contributed by atoms with van der Waals surface area (Å²) < 4.78 is 19.0. The number of nitrogens with two attached hydrogens (primary N) is 1. The van der Waals surface area contributed by atoms with Crippen LogP contribution in [0.2, 0.25) is 0 Å². The Morgan fingerprint density at radius 2 is 2.05 bits per heavy atom. The van der Waals surface area contributed by atoms with Crippen LogP contribution < -0.4 is 10.5 Å². The number of nitrogens with zero attached hydrogens (tertiary/aromatic N) is 1. The summed E-state index contributed by atoms with van der Waals surface area (Å²) in [5.74, 6) is 5.87. The van der Waals surface area contributed by atoms with Gasteiger partial charge in [-0.2, -0.15) is 0 Å². The van der Waals surface area contributed by atoms with Gasteiger partial charge < -0.3 is 10.5 Å². The molecule has 0 unspecified atom stereocenters. The molecule has 1 aromatic carbocycles. The van der Waals surface area contributed by atoms with Crippen molar-refractivity contribution in [2.24, 2.45) is 5.73 Å². The van der Waals surface area contributed by atoms with Crippen molar-refractivity contribution in [2.45, 2.75) is 19.3 Å². The molecule has 20 heavy (non-hydrogen) atoms. The van der Waals surface area contributed by atoms with E-state index in [0.717, 1.165) is 19.6 Å². The minimum absolute atomic E-state index is 0.282. The molecule has 4 heteroatoms. The van der Waals surface area contributed by atoms with Gasteiger partial charge in [0.05, 0.1) is 12.1 Å². The molecule has 0 saturated carbocycles. The number of hydrogen-bond donors (Lipinski definition) is 1. The first kappa shape index (κ1) is 14.8. The largest absolute Gasteiger partial charge is 0.491 e. The van der Waals surface area contributed by atoms with E-state index < -0.39 is 0 Å². The zero-order chi connectivity index (χ0) is 14.2. The van der Waals surface area contributed by atoms with E-state index in [2.05, 4.69) is 16.7 Å². The lowest BCUT2D eigenvalue weighted by molar-refractivity contribution is 0.183. The highest BCUT2D eigenvalue weighted by Gasteiger charge is 2.10. The average molecular weight is 276 g/mol. The summed E-state index contributed by atoms with van der Waals surface area (Å²) in [4.78, 5) is 2.38. The van der Waals surface area contributed by atoms with Crippen molar-refractivity contribution >= 4 is 0 Å². The number of rotatable bonds is 4. The molecule has 1 aromatic rings. The number of likely N-dealkylation sites (tertiary alicyclic amines) is 1. The number of benzene rings is 1. The van der Waals surface area contributed by atoms with Crippen LogP contribution in [-0.2, 0) is 0 Å². The SMILES string of the molecule is NCC#Cc1ccc(F)cc1OCCN1CCCCC1. The van der Waals surface area contributed by atoms with E-state index in [9.17, 15) is 4.39 Å². The number of hydrogen-bond acceptors (Lipinski definition) is 3. The first-order chi connectivity index (χ1) is 9.79. The van der Waals surface area contributed by atoms with Gasteiger partial charge in [-0.05, 0) is 38.1 Å². The second-order valence-corrected chi connectivity index (χ2v) is 4.90. The van der Waals surface area contributed by atoms with Crippen LogP contribution in [-0.4, -0.2) is 37.7 Å². The van der Waals surface area contributed by atoms with E-state index in [4.69, 9.17) is 10.5 Å². The smallest absolute Gasteiger partial charge is 0.137 e. The number of ether oxygens (including phenoxy) is 1. The van der Waals surface area contributed by atoms with Crippen LogP contribution in [0.3, 0.4) is 0 Å². The molecule has 0 bridgehead atoms. The Hall–Kier alpha value is -1.57. The number of halogens is 1.